The Hall–Kier alpha value is -0.900. The Kier molecular flexibility index (Phi) is 4.97. The molecule has 0 heterocycles. The molecule has 0 aliphatic heterocycles. The topological polar surface area (TPSA) is 12.0 Å². The van der Waals surface area contributed by atoms with Crippen molar-refractivity contribution in [1.29, 1.82) is 0 Å². The molecule has 2 aromatic carbocycles. The highest BCUT2D eigenvalue weighted by atomic mass is 79.9. The monoisotopic (exact) mass is 341 g/mol. The van der Waals surface area contributed by atoms with E-state index in [4.69, 9.17) is 11.6 Å². The van der Waals surface area contributed by atoms with Crippen molar-refractivity contribution in [2.45, 2.75) is 19.5 Å². The van der Waals surface area contributed by atoms with E-state index in [-0.39, 0.29) is 11.9 Å². The van der Waals surface area contributed by atoms with Crippen molar-refractivity contribution in [1.82, 2.24) is 5.32 Å². The molecule has 0 aliphatic carbocycles. The number of rotatable bonds is 4. The van der Waals surface area contributed by atoms with E-state index in [0.717, 1.165) is 16.1 Å². The van der Waals surface area contributed by atoms with Crippen LogP contribution in [0.25, 0.3) is 0 Å². The molecule has 0 amide bonds. The van der Waals surface area contributed by atoms with E-state index in [0.29, 0.717) is 11.0 Å². The zero-order valence-corrected chi connectivity index (χ0v) is 12.8. The van der Waals surface area contributed by atoms with Crippen LogP contribution in [0.4, 0.5) is 4.39 Å². The Balaban J connectivity index is 2.00. The van der Waals surface area contributed by atoms with Crippen LogP contribution >= 0.6 is 27.5 Å². The molecule has 0 saturated carbocycles. The van der Waals surface area contributed by atoms with Gasteiger partial charge in [0.1, 0.15) is 5.82 Å². The molecular weight excluding hydrogens is 329 g/mol. The molecule has 100 valence electrons. The van der Waals surface area contributed by atoms with E-state index in [2.05, 4.69) is 28.2 Å². The van der Waals surface area contributed by atoms with Crippen molar-refractivity contribution < 1.29 is 4.39 Å². The summed E-state index contributed by atoms with van der Waals surface area (Å²) in [5.74, 6) is -0.241. The standard InChI is InChI=1S/C15H14BrClFN/c1-10(12-3-2-4-13(17)8-12)19-9-11-5-6-14(16)15(18)7-11/h2-8,10,19H,9H2,1H3/t10-/m0/s1. The van der Waals surface area contributed by atoms with Gasteiger partial charge in [0.15, 0.2) is 0 Å². The van der Waals surface area contributed by atoms with Crippen LogP contribution in [0.15, 0.2) is 46.9 Å². The van der Waals surface area contributed by atoms with Gasteiger partial charge in [0, 0.05) is 17.6 Å². The lowest BCUT2D eigenvalue weighted by atomic mass is 10.1. The first kappa shape index (κ1) is 14.5. The number of nitrogens with one attached hydrogen (secondary N) is 1. The Bertz CT molecular complexity index is 574. The third-order valence-electron chi connectivity index (χ3n) is 2.95. The summed E-state index contributed by atoms with van der Waals surface area (Å²) in [6.07, 6.45) is 0. The van der Waals surface area contributed by atoms with Gasteiger partial charge in [-0.1, -0.05) is 29.8 Å². The molecule has 2 aromatic rings. The van der Waals surface area contributed by atoms with E-state index in [1.54, 1.807) is 6.07 Å². The summed E-state index contributed by atoms with van der Waals surface area (Å²) in [6.45, 7) is 2.67. The van der Waals surface area contributed by atoms with Crippen LogP contribution in [0, 0.1) is 5.82 Å². The lowest BCUT2D eigenvalue weighted by Crippen LogP contribution is -2.18. The van der Waals surface area contributed by atoms with Gasteiger partial charge in [0.05, 0.1) is 4.47 Å². The molecule has 0 radical (unpaired) electrons. The Labute approximate surface area is 125 Å². The maximum Gasteiger partial charge on any atom is 0.137 e. The molecule has 2 rings (SSSR count). The highest BCUT2D eigenvalue weighted by Gasteiger charge is 2.06. The minimum absolute atomic E-state index is 0.158. The quantitative estimate of drug-likeness (QED) is 0.816. The van der Waals surface area contributed by atoms with Gasteiger partial charge in [0.2, 0.25) is 0 Å². The summed E-state index contributed by atoms with van der Waals surface area (Å²) in [5.41, 5.74) is 2.03. The smallest absolute Gasteiger partial charge is 0.137 e. The molecule has 19 heavy (non-hydrogen) atoms. The maximum atomic E-state index is 13.4. The van der Waals surface area contributed by atoms with Crippen molar-refractivity contribution >= 4 is 27.5 Å². The van der Waals surface area contributed by atoms with Gasteiger partial charge >= 0.3 is 0 Å². The van der Waals surface area contributed by atoms with Gasteiger partial charge in [0.25, 0.3) is 0 Å². The van der Waals surface area contributed by atoms with Crippen LogP contribution in [0.5, 0.6) is 0 Å². The summed E-state index contributed by atoms with van der Waals surface area (Å²) in [5, 5.41) is 4.07. The van der Waals surface area contributed by atoms with Crippen LogP contribution in [-0.2, 0) is 6.54 Å². The molecule has 0 spiro atoms. The molecule has 0 aromatic heterocycles. The average molecular weight is 343 g/mol. The van der Waals surface area contributed by atoms with Crippen molar-refractivity contribution in [3.05, 3.63) is 68.9 Å². The first-order chi connectivity index (χ1) is 9.06. The Morgan fingerprint density at radius 3 is 2.74 bits per heavy atom. The predicted molar refractivity (Wildman–Crippen MR) is 80.8 cm³/mol. The largest absolute Gasteiger partial charge is 0.306 e. The fraction of sp³-hybridized carbons (Fsp3) is 0.200. The molecule has 0 fully saturated rings. The summed E-state index contributed by atoms with van der Waals surface area (Å²) in [6, 6.07) is 13.0. The second-order valence-corrected chi connectivity index (χ2v) is 5.70. The van der Waals surface area contributed by atoms with Gasteiger partial charge in [-0.05, 0) is 58.2 Å². The molecule has 1 N–H and O–H groups in total. The van der Waals surface area contributed by atoms with E-state index in [1.807, 2.05) is 30.3 Å². The molecule has 1 atom stereocenters. The third kappa shape index (κ3) is 4.03. The van der Waals surface area contributed by atoms with Gasteiger partial charge in [-0.25, -0.2) is 4.39 Å². The summed E-state index contributed by atoms with van der Waals surface area (Å²) < 4.78 is 13.9. The predicted octanol–water partition coefficient (Wildman–Crippen LogP) is 5.09. The first-order valence-corrected chi connectivity index (χ1v) is 7.16. The van der Waals surface area contributed by atoms with Gasteiger partial charge < -0.3 is 5.32 Å². The Morgan fingerprint density at radius 1 is 1.26 bits per heavy atom. The highest BCUT2D eigenvalue weighted by Crippen LogP contribution is 2.19. The normalized spacial score (nSPS) is 12.4. The lowest BCUT2D eigenvalue weighted by Gasteiger charge is -2.14. The fourth-order valence-electron chi connectivity index (χ4n) is 1.81. The van der Waals surface area contributed by atoms with E-state index >= 15 is 0 Å². The third-order valence-corrected chi connectivity index (χ3v) is 3.82. The van der Waals surface area contributed by atoms with Crippen LogP contribution in [0.2, 0.25) is 5.02 Å². The highest BCUT2D eigenvalue weighted by molar-refractivity contribution is 9.10. The number of halogens is 3. The van der Waals surface area contributed by atoms with Crippen molar-refractivity contribution in [3.63, 3.8) is 0 Å². The van der Waals surface area contributed by atoms with Crippen LogP contribution in [0.3, 0.4) is 0 Å². The summed E-state index contributed by atoms with van der Waals surface area (Å²) in [7, 11) is 0. The Morgan fingerprint density at radius 2 is 2.05 bits per heavy atom. The fourth-order valence-corrected chi connectivity index (χ4v) is 2.26. The average Bonchev–Trinajstić information content (AvgIpc) is 2.40. The molecule has 0 bridgehead atoms. The van der Waals surface area contributed by atoms with Crippen LogP contribution < -0.4 is 5.32 Å². The molecule has 4 heteroatoms. The maximum absolute atomic E-state index is 13.4. The van der Waals surface area contributed by atoms with E-state index < -0.39 is 0 Å². The van der Waals surface area contributed by atoms with Crippen molar-refractivity contribution in [2.75, 3.05) is 0 Å². The van der Waals surface area contributed by atoms with Crippen molar-refractivity contribution in [3.8, 4) is 0 Å². The lowest BCUT2D eigenvalue weighted by molar-refractivity contribution is 0.568. The molecule has 0 aliphatic rings. The summed E-state index contributed by atoms with van der Waals surface area (Å²) >= 11 is 9.11. The van der Waals surface area contributed by atoms with E-state index in [1.165, 1.54) is 6.07 Å². The zero-order valence-electron chi connectivity index (χ0n) is 10.5. The van der Waals surface area contributed by atoms with Gasteiger partial charge in [-0.3, -0.25) is 0 Å². The van der Waals surface area contributed by atoms with Gasteiger partial charge in [-0.15, -0.1) is 0 Å². The van der Waals surface area contributed by atoms with Crippen LogP contribution in [0.1, 0.15) is 24.1 Å². The second kappa shape index (κ2) is 6.51. The van der Waals surface area contributed by atoms with Crippen molar-refractivity contribution in [2.24, 2.45) is 0 Å². The number of hydrogen-bond acceptors (Lipinski definition) is 1. The second-order valence-electron chi connectivity index (χ2n) is 4.41. The van der Waals surface area contributed by atoms with Crippen LogP contribution in [-0.4, -0.2) is 0 Å². The molecule has 0 saturated heterocycles. The molecular formula is C15H14BrClFN. The number of benzene rings is 2. The van der Waals surface area contributed by atoms with E-state index in [9.17, 15) is 4.39 Å². The minimum atomic E-state index is -0.241. The summed E-state index contributed by atoms with van der Waals surface area (Å²) in [4.78, 5) is 0. The number of hydrogen-bond donors (Lipinski definition) is 1. The minimum Gasteiger partial charge on any atom is -0.306 e. The zero-order chi connectivity index (χ0) is 13.8. The first-order valence-electron chi connectivity index (χ1n) is 5.99. The SMILES string of the molecule is C[C@H](NCc1ccc(Br)c(F)c1)c1cccc(Cl)c1. The molecule has 1 nitrogen and oxygen atoms in total. The molecule has 0 unspecified atom stereocenters. The van der Waals surface area contributed by atoms with Gasteiger partial charge in [-0.2, -0.15) is 0 Å².